The predicted molar refractivity (Wildman–Crippen MR) is 232 cm³/mol. The highest BCUT2D eigenvalue weighted by Gasteiger charge is 2.29. The molecule has 1 aliphatic carbocycles. The highest BCUT2D eigenvalue weighted by Crippen LogP contribution is 2.44. The number of carboxylic acids is 1. The number of methoxy groups -OCH3 is 1. The van der Waals surface area contributed by atoms with Gasteiger partial charge < -0.3 is 30.0 Å². The van der Waals surface area contributed by atoms with E-state index < -0.39 is 24.1 Å². The van der Waals surface area contributed by atoms with Gasteiger partial charge in [-0.1, -0.05) is 109 Å². The van der Waals surface area contributed by atoms with Crippen molar-refractivity contribution in [3.05, 3.63) is 166 Å². The number of alkyl carbamates (subject to hydrolysis) is 1. The van der Waals surface area contributed by atoms with E-state index in [0.717, 1.165) is 44.5 Å². The fraction of sp³-hybridized carbons (Fsp3) is 0.224. The first kappa shape index (κ1) is 41.7. The molecule has 5 aromatic carbocycles. The number of aromatic nitrogens is 1. The molecular weight excluding hydrogens is 778 g/mol. The van der Waals surface area contributed by atoms with E-state index >= 15 is 0 Å². The van der Waals surface area contributed by atoms with Crippen LogP contribution in [0.15, 0.2) is 128 Å². The summed E-state index contributed by atoms with van der Waals surface area (Å²) in [5.74, 6) is -1.16. The van der Waals surface area contributed by atoms with Gasteiger partial charge in [-0.3, -0.25) is 9.78 Å². The molecule has 1 heterocycles. The maximum absolute atomic E-state index is 13.0. The minimum Gasteiger partial charge on any atom is -0.487 e. The molecule has 10 nitrogen and oxygen atoms in total. The summed E-state index contributed by atoms with van der Waals surface area (Å²) in [7, 11) is 1.34. The number of nitrogens with one attached hydrogen (secondary N) is 2. The van der Waals surface area contributed by atoms with Crippen molar-refractivity contribution in [1.29, 1.82) is 0 Å². The van der Waals surface area contributed by atoms with Gasteiger partial charge in [0.05, 0.1) is 17.7 Å². The summed E-state index contributed by atoms with van der Waals surface area (Å²) < 4.78 is 17.1. The van der Waals surface area contributed by atoms with Crippen molar-refractivity contribution in [2.75, 3.05) is 20.3 Å². The third-order valence-corrected chi connectivity index (χ3v) is 11.2. The molecule has 3 N–H and O–H groups in total. The molecule has 11 heteroatoms. The number of halogens is 1. The molecule has 0 aliphatic heterocycles. The summed E-state index contributed by atoms with van der Waals surface area (Å²) in [4.78, 5) is 41.8. The van der Waals surface area contributed by atoms with Crippen LogP contribution in [0, 0.1) is 6.92 Å². The Morgan fingerprint density at radius 2 is 1.48 bits per heavy atom. The smallest absolute Gasteiger partial charge is 0.407 e. The van der Waals surface area contributed by atoms with Gasteiger partial charge in [0.2, 0.25) is 0 Å². The molecule has 0 unspecified atom stereocenters. The zero-order chi connectivity index (χ0) is 42.0. The van der Waals surface area contributed by atoms with E-state index in [1.807, 2.05) is 54.6 Å². The monoisotopic (exact) mass is 823 g/mol. The molecule has 1 aromatic heterocycles. The Balaban J connectivity index is 0.980. The number of rotatable bonds is 17. The van der Waals surface area contributed by atoms with Gasteiger partial charge in [0.1, 0.15) is 25.0 Å². The number of carbonyl (C=O) groups is 3. The fourth-order valence-electron chi connectivity index (χ4n) is 7.74. The number of aromatic carboxylic acids is 1. The molecule has 0 radical (unpaired) electrons. The van der Waals surface area contributed by atoms with E-state index in [1.54, 1.807) is 24.4 Å². The van der Waals surface area contributed by atoms with E-state index in [9.17, 15) is 19.5 Å². The van der Waals surface area contributed by atoms with Crippen LogP contribution in [-0.2, 0) is 27.4 Å². The first-order valence-electron chi connectivity index (χ1n) is 19.9. The van der Waals surface area contributed by atoms with Gasteiger partial charge in [-0.2, -0.15) is 0 Å². The number of hydrogen-bond donors (Lipinski definition) is 3. The normalized spacial score (nSPS) is 12.2. The van der Waals surface area contributed by atoms with Crippen molar-refractivity contribution >= 4 is 29.6 Å². The summed E-state index contributed by atoms with van der Waals surface area (Å²) in [6, 6.07) is 37.0. The molecule has 0 saturated carbocycles. The molecule has 306 valence electrons. The molecular formula is C49H46ClN3O7. The Labute approximate surface area is 354 Å². The molecule has 0 bridgehead atoms. The van der Waals surface area contributed by atoms with Crippen LogP contribution in [0.1, 0.15) is 63.4 Å². The lowest BCUT2D eigenvalue weighted by Crippen LogP contribution is -2.37. The van der Waals surface area contributed by atoms with Gasteiger partial charge in [0.25, 0.3) is 0 Å². The summed E-state index contributed by atoms with van der Waals surface area (Å²) in [6.07, 6.45) is 4.01. The molecule has 60 heavy (non-hydrogen) atoms. The first-order chi connectivity index (χ1) is 29.2. The Bertz CT molecular complexity index is 2450. The van der Waals surface area contributed by atoms with Gasteiger partial charge in [-0.25, -0.2) is 9.59 Å². The number of pyridine rings is 1. The second-order valence-corrected chi connectivity index (χ2v) is 15.1. The third kappa shape index (κ3) is 9.68. The Hall–Kier alpha value is -6.49. The predicted octanol–water partition coefficient (Wildman–Crippen LogP) is 9.99. The van der Waals surface area contributed by atoms with Crippen LogP contribution >= 0.6 is 11.6 Å². The number of fused-ring (bicyclic) bond motifs is 3. The SMILES string of the molecule is COC(=O)[C@H](CCCCNC(=O)OCC1c2ccccc2-c2ccccc21)NCc1cc(Cl)c(OCc2cccc(-c3ccccc3)c2C)cc1-c1cncc(C(=O)O)c1. The summed E-state index contributed by atoms with van der Waals surface area (Å²) in [5.41, 5.74) is 10.8. The Kier molecular flexibility index (Phi) is 13.5. The maximum atomic E-state index is 13.0. The first-order valence-corrected chi connectivity index (χ1v) is 20.3. The largest absolute Gasteiger partial charge is 0.487 e. The third-order valence-electron chi connectivity index (χ3n) is 10.9. The average molecular weight is 824 g/mol. The minimum absolute atomic E-state index is 0.0244. The topological polar surface area (TPSA) is 136 Å². The highest BCUT2D eigenvalue weighted by atomic mass is 35.5. The van der Waals surface area contributed by atoms with E-state index in [4.69, 9.17) is 25.8 Å². The molecule has 0 spiro atoms. The molecule has 7 rings (SSSR count). The number of hydrogen-bond acceptors (Lipinski definition) is 8. The molecule has 1 amide bonds. The zero-order valence-corrected chi connectivity index (χ0v) is 34.2. The fourth-order valence-corrected chi connectivity index (χ4v) is 7.98. The van der Waals surface area contributed by atoms with Crippen LogP contribution in [-0.4, -0.2) is 54.4 Å². The van der Waals surface area contributed by atoms with Crippen molar-refractivity contribution in [1.82, 2.24) is 15.6 Å². The number of amides is 1. The maximum Gasteiger partial charge on any atom is 0.407 e. The van der Waals surface area contributed by atoms with Crippen molar-refractivity contribution in [2.24, 2.45) is 0 Å². The Morgan fingerprint density at radius 1 is 0.783 bits per heavy atom. The quantitative estimate of drug-likeness (QED) is 0.0607. The van der Waals surface area contributed by atoms with Gasteiger partial charge in [0.15, 0.2) is 0 Å². The van der Waals surface area contributed by atoms with Gasteiger partial charge in [-0.05, 0) is 100 Å². The number of unbranched alkanes of at least 4 members (excludes halogenated alkanes) is 1. The molecule has 1 aliphatic rings. The highest BCUT2D eigenvalue weighted by molar-refractivity contribution is 6.32. The zero-order valence-electron chi connectivity index (χ0n) is 33.5. The molecule has 0 fully saturated rings. The van der Waals surface area contributed by atoms with Crippen molar-refractivity contribution in [3.63, 3.8) is 0 Å². The van der Waals surface area contributed by atoms with Crippen LogP contribution in [0.4, 0.5) is 4.79 Å². The Morgan fingerprint density at radius 3 is 2.20 bits per heavy atom. The molecule has 1 atom stereocenters. The van der Waals surface area contributed by atoms with Crippen LogP contribution in [0.25, 0.3) is 33.4 Å². The van der Waals surface area contributed by atoms with Crippen LogP contribution < -0.4 is 15.4 Å². The van der Waals surface area contributed by atoms with E-state index in [-0.39, 0.29) is 31.2 Å². The number of ether oxygens (including phenoxy) is 3. The van der Waals surface area contributed by atoms with Crippen LogP contribution in [0.3, 0.4) is 0 Å². The number of nitrogens with zero attached hydrogens (tertiary/aromatic N) is 1. The average Bonchev–Trinajstić information content (AvgIpc) is 3.60. The lowest BCUT2D eigenvalue weighted by molar-refractivity contribution is -0.143. The number of esters is 1. The van der Waals surface area contributed by atoms with E-state index in [1.165, 1.54) is 13.3 Å². The summed E-state index contributed by atoms with van der Waals surface area (Å²) in [6.45, 7) is 3.10. The second kappa shape index (κ2) is 19.5. The van der Waals surface area contributed by atoms with Crippen molar-refractivity contribution in [3.8, 4) is 39.1 Å². The summed E-state index contributed by atoms with van der Waals surface area (Å²) >= 11 is 6.86. The van der Waals surface area contributed by atoms with Crippen molar-refractivity contribution in [2.45, 2.75) is 51.3 Å². The second-order valence-electron chi connectivity index (χ2n) is 14.7. The summed E-state index contributed by atoms with van der Waals surface area (Å²) in [5, 5.41) is 16.2. The standard InChI is InChI=1S/C49H46ClN3O7/c1-31-33(15-12-20-37(31)32-13-4-3-5-14-32)29-59-46-25-42(34-23-36(47(54)55)27-51-26-34)35(24-44(46)50)28-53-45(48(56)58-2)21-10-11-22-52-49(57)60-30-43-40-18-8-6-16-38(40)39-17-7-9-19-41(39)43/h3-9,12-20,23-27,43,45,53H,10-11,21-22,28-30H2,1-2H3,(H,52,57)(H,54,55)/t45-/m0/s1. The lowest BCUT2D eigenvalue weighted by atomic mass is 9.97. The number of carbonyl (C=O) groups excluding carboxylic acids is 2. The van der Waals surface area contributed by atoms with Crippen molar-refractivity contribution < 1.29 is 33.7 Å². The van der Waals surface area contributed by atoms with Crippen LogP contribution in [0.5, 0.6) is 5.75 Å². The molecule has 6 aromatic rings. The van der Waals surface area contributed by atoms with Gasteiger partial charge in [0, 0.05) is 37.0 Å². The van der Waals surface area contributed by atoms with Gasteiger partial charge in [-0.15, -0.1) is 0 Å². The van der Waals surface area contributed by atoms with Gasteiger partial charge >= 0.3 is 18.0 Å². The minimum atomic E-state index is -1.11. The molecule has 0 saturated heterocycles. The van der Waals surface area contributed by atoms with E-state index in [0.29, 0.717) is 53.3 Å². The van der Waals surface area contributed by atoms with E-state index in [2.05, 4.69) is 65.0 Å². The number of benzene rings is 5. The number of carboxylic acid groups (broad SMARTS) is 1. The van der Waals surface area contributed by atoms with Crippen LogP contribution in [0.2, 0.25) is 5.02 Å². The lowest BCUT2D eigenvalue weighted by Gasteiger charge is -2.20.